The highest BCUT2D eigenvalue weighted by Crippen LogP contribution is 2.34. The Balaban J connectivity index is 2.17. The molecule has 0 saturated carbocycles. The van der Waals surface area contributed by atoms with Gasteiger partial charge in [0.05, 0.1) is 0 Å². The first kappa shape index (κ1) is 12.6. The third-order valence-corrected chi connectivity index (χ3v) is 4.15. The van der Waals surface area contributed by atoms with Gasteiger partial charge in [-0.15, -0.1) is 0 Å². The number of fused-ring (bicyclic) bond motifs is 2. The van der Waals surface area contributed by atoms with Crippen LogP contribution < -0.4 is 5.32 Å². The number of aliphatic carboxylic acids is 1. The first-order valence-electron chi connectivity index (χ1n) is 6.31. The van der Waals surface area contributed by atoms with Crippen molar-refractivity contribution < 1.29 is 9.90 Å². The lowest BCUT2D eigenvalue weighted by atomic mass is 9.88. The summed E-state index contributed by atoms with van der Waals surface area (Å²) in [5.41, 5.74) is 4.51. The number of carbonyl (C=O) groups is 1. The second-order valence-electron chi connectivity index (χ2n) is 4.82. The standard InChI is InChI=1S/C15H14BrNO2/c16-10-4-5-11-9(8-10)2-1-3-13-12(11)6-7-17-14(13)15(18)19/h1,3-5,8,14,17H,2,6-7H2,(H,18,19). The number of hydrogen-bond donors (Lipinski definition) is 2. The second-order valence-corrected chi connectivity index (χ2v) is 5.73. The molecule has 0 radical (unpaired) electrons. The van der Waals surface area contributed by atoms with E-state index in [-0.39, 0.29) is 0 Å². The summed E-state index contributed by atoms with van der Waals surface area (Å²) >= 11 is 3.49. The van der Waals surface area contributed by atoms with E-state index in [1.165, 1.54) is 16.7 Å². The zero-order chi connectivity index (χ0) is 13.4. The Morgan fingerprint density at radius 2 is 2.26 bits per heavy atom. The highest BCUT2D eigenvalue weighted by molar-refractivity contribution is 9.10. The fourth-order valence-electron chi connectivity index (χ4n) is 2.82. The van der Waals surface area contributed by atoms with Crippen LogP contribution in [-0.4, -0.2) is 23.7 Å². The first-order valence-corrected chi connectivity index (χ1v) is 7.10. The third kappa shape index (κ3) is 2.26. The monoisotopic (exact) mass is 319 g/mol. The molecule has 0 amide bonds. The smallest absolute Gasteiger partial charge is 0.325 e. The minimum Gasteiger partial charge on any atom is -0.480 e. The van der Waals surface area contributed by atoms with Gasteiger partial charge in [0.15, 0.2) is 0 Å². The molecule has 0 saturated heterocycles. The molecule has 2 N–H and O–H groups in total. The number of rotatable bonds is 1. The lowest BCUT2D eigenvalue weighted by Crippen LogP contribution is -2.41. The van der Waals surface area contributed by atoms with Crippen molar-refractivity contribution in [2.24, 2.45) is 0 Å². The van der Waals surface area contributed by atoms with Crippen LogP contribution in [0.3, 0.4) is 0 Å². The SMILES string of the molecule is O=C(O)C1NCCC2=C1C=CCc1cc(Br)ccc12. The molecule has 1 atom stereocenters. The maximum absolute atomic E-state index is 11.3. The Morgan fingerprint density at radius 1 is 1.42 bits per heavy atom. The number of allylic oxidation sites excluding steroid dienone is 1. The minimum absolute atomic E-state index is 0.588. The van der Waals surface area contributed by atoms with E-state index in [4.69, 9.17) is 0 Å². The van der Waals surface area contributed by atoms with Crippen LogP contribution in [0.15, 0.2) is 40.4 Å². The molecular weight excluding hydrogens is 306 g/mol. The molecule has 1 aromatic carbocycles. The van der Waals surface area contributed by atoms with E-state index in [9.17, 15) is 9.90 Å². The third-order valence-electron chi connectivity index (χ3n) is 3.66. The molecule has 0 bridgehead atoms. The van der Waals surface area contributed by atoms with Gasteiger partial charge < -0.3 is 10.4 Å². The molecule has 98 valence electrons. The summed E-state index contributed by atoms with van der Waals surface area (Å²) in [6.45, 7) is 0.707. The molecule has 1 aliphatic heterocycles. The predicted molar refractivity (Wildman–Crippen MR) is 77.9 cm³/mol. The molecule has 2 aliphatic rings. The normalized spacial score (nSPS) is 21.6. The summed E-state index contributed by atoms with van der Waals surface area (Å²) in [5, 5.41) is 12.4. The van der Waals surface area contributed by atoms with Crippen LogP contribution in [0, 0.1) is 0 Å². The van der Waals surface area contributed by atoms with Gasteiger partial charge >= 0.3 is 5.97 Å². The maximum Gasteiger partial charge on any atom is 0.325 e. The van der Waals surface area contributed by atoms with E-state index in [1.807, 2.05) is 12.1 Å². The number of carboxylic acid groups (broad SMARTS) is 1. The van der Waals surface area contributed by atoms with Gasteiger partial charge in [-0.3, -0.25) is 4.79 Å². The van der Waals surface area contributed by atoms with Crippen molar-refractivity contribution >= 4 is 27.5 Å². The van der Waals surface area contributed by atoms with Crippen molar-refractivity contribution in [3.05, 3.63) is 51.5 Å². The average molecular weight is 320 g/mol. The number of nitrogens with one attached hydrogen (secondary N) is 1. The summed E-state index contributed by atoms with van der Waals surface area (Å²) < 4.78 is 1.06. The van der Waals surface area contributed by atoms with Crippen LogP contribution in [0.5, 0.6) is 0 Å². The number of carboxylic acids is 1. The highest BCUT2D eigenvalue weighted by atomic mass is 79.9. The summed E-state index contributed by atoms with van der Waals surface area (Å²) in [7, 11) is 0. The molecule has 1 heterocycles. The average Bonchev–Trinajstić information content (AvgIpc) is 2.56. The largest absolute Gasteiger partial charge is 0.480 e. The number of hydrogen-bond acceptors (Lipinski definition) is 2. The van der Waals surface area contributed by atoms with Crippen LogP contribution in [0.4, 0.5) is 0 Å². The van der Waals surface area contributed by atoms with E-state index in [0.29, 0.717) is 6.54 Å². The van der Waals surface area contributed by atoms with E-state index in [1.54, 1.807) is 0 Å². The molecule has 1 aliphatic carbocycles. The van der Waals surface area contributed by atoms with Crippen LogP contribution in [-0.2, 0) is 11.2 Å². The minimum atomic E-state index is -0.808. The molecule has 3 nitrogen and oxygen atoms in total. The van der Waals surface area contributed by atoms with Gasteiger partial charge in [-0.05, 0) is 47.2 Å². The molecule has 0 fully saturated rings. The topological polar surface area (TPSA) is 49.3 Å². The number of benzene rings is 1. The van der Waals surface area contributed by atoms with Crippen molar-refractivity contribution in [3.8, 4) is 0 Å². The van der Waals surface area contributed by atoms with Crippen LogP contribution in [0.25, 0.3) is 5.57 Å². The fourth-order valence-corrected chi connectivity index (χ4v) is 3.22. The molecular formula is C15H14BrNO2. The molecule has 1 unspecified atom stereocenters. The van der Waals surface area contributed by atoms with Gasteiger partial charge in [-0.25, -0.2) is 0 Å². The summed E-state index contributed by atoms with van der Waals surface area (Å²) in [6.07, 6.45) is 5.73. The first-order chi connectivity index (χ1) is 9.16. The Bertz CT molecular complexity index is 604. The van der Waals surface area contributed by atoms with Gasteiger partial charge in [-0.2, -0.15) is 0 Å². The van der Waals surface area contributed by atoms with Gasteiger partial charge in [0.1, 0.15) is 6.04 Å². The molecule has 1 aromatic rings. The van der Waals surface area contributed by atoms with Gasteiger partial charge in [-0.1, -0.05) is 34.1 Å². The van der Waals surface area contributed by atoms with Gasteiger partial charge in [0.2, 0.25) is 0 Å². The Labute approximate surface area is 120 Å². The summed E-state index contributed by atoms with van der Waals surface area (Å²) in [6, 6.07) is 5.64. The van der Waals surface area contributed by atoms with E-state index >= 15 is 0 Å². The Morgan fingerprint density at radius 3 is 3.05 bits per heavy atom. The van der Waals surface area contributed by atoms with Crippen LogP contribution >= 0.6 is 15.9 Å². The van der Waals surface area contributed by atoms with Gasteiger partial charge in [0.25, 0.3) is 0 Å². The van der Waals surface area contributed by atoms with Crippen molar-refractivity contribution in [1.82, 2.24) is 5.32 Å². The molecule has 0 spiro atoms. The van der Waals surface area contributed by atoms with Crippen molar-refractivity contribution in [1.29, 1.82) is 0 Å². The molecule has 0 aromatic heterocycles. The maximum atomic E-state index is 11.3. The molecule has 4 heteroatoms. The highest BCUT2D eigenvalue weighted by Gasteiger charge is 2.28. The van der Waals surface area contributed by atoms with Crippen LogP contribution in [0.1, 0.15) is 17.5 Å². The lowest BCUT2D eigenvalue weighted by Gasteiger charge is -2.25. The summed E-state index contributed by atoms with van der Waals surface area (Å²) in [4.78, 5) is 11.3. The second kappa shape index (κ2) is 4.94. The van der Waals surface area contributed by atoms with Crippen molar-refractivity contribution in [2.45, 2.75) is 18.9 Å². The lowest BCUT2D eigenvalue weighted by molar-refractivity contribution is -0.138. The number of halogens is 1. The predicted octanol–water partition coefficient (Wildman–Crippen LogP) is 2.76. The van der Waals surface area contributed by atoms with Gasteiger partial charge in [0, 0.05) is 11.0 Å². The zero-order valence-electron chi connectivity index (χ0n) is 10.3. The van der Waals surface area contributed by atoms with Crippen LogP contribution in [0.2, 0.25) is 0 Å². The van der Waals surface area contributed by atoms with E-state index in [0.717, 1.165) is 22.9 Å². The Kier molecular flexibility index (Phi) is 3.29. The quantitative estimate of drug-likeness (QED) is 0.836. The van der Waals surface area contributed by atoms with Crippen molar-refractivity contribution in [3.63, 3.8) is 0 Å². The fraction of sp³-hybridized carbons (Fsp3) is 0.267. The van der Waals surface area contributed by atoms with E-state index < -0.39 is 12.0 Å². The van der Waals surface area contributed by atoms with Crippen molar-refractivity contribution in [2.75, 3.05) is 6.54 Å². The Hall–Kier alpha value is -1.39. The van der Waals surface area contributed by atoms with E-state index in [2.05, 4.69) is 39.5 Å². The molecule has 3 rings (SSSR count). The zero-order valence-corrected chi connectivity index (χ0v) is 11.9. The summed E-state index contributed by atoms with van der Waals surface area (Å²) in [5.74, 6) is -0.808. The molecule has 19 heavy (non-hydrogen) atoms.